The molecular weight excluding hydrogens is 228 g/mol. The van der Waals surface area contributed by atoms with E-state index in [2.05, 4.69) is 5.10 Å². The van der Waals surface area contributed by atoms with Crippen LogP contribution in [0.3, 0.4) is 0 Å². The van der Waals surface area contributed by atoms with Crippen molar-refractivity contribution in [1.82, 2.24) is 9.78 Å². The summed E-state index contributed by atoms with van der Waals surface area (Å²) in [6, 6.07) is 9.41. The van der Waals surface area contributed by atoms with Crippen molar-refractivity contribution in [3.63, 3.8) is 0 Å². The Labute approximate surface area is 107 Å². The summed E-state index contributed by atoms with van der Waals surface area (Å²) in [6.45, 7) is 5.70. The first kappa shape index (κ1) is 14.0. The van der Waals surface area contributed by atoms with Crippen LogP contribution in [-0.2, 0) is 7.05 Å². The Bertz CT molecular complexity index is 530. The SMILES string of the molecule is CC.Cc1nn(C)c(-c2ccccc2)c1C(=O)O. The first-order chi connectivity index (χ1) is 8.61. The van der Waals surface area contributed by atoms with Gasteiger partial charge < -0.3 is 5.11 Å². The maximum Gasteiger partial charge on any atom is 0.339 e. The van der Waals surface area contributed by atoms with E-state index in [1.54, 1.807) is 18.7 Å². The standard InChI is InChI=1S/C12H12N2O2.C2H6/c1-8-10(12(15)16)11(14(2)13-8)9-6-4-3-5-7-9;1-2/h3-7H,1-2H3,(H,15,16);1-2H3. The molecule has 0 radical (unpaired) electrons. The maximum atomic E-state index is 11.2. The first-order valence-corrected chi connectivity index (χ1v) is 5.93. The molecule has 2 rings (SSSR count). The number of carbonyl (C=O) groups is 1. The van der Waals surface area contributed by atoms with Crippen molar-refractivity contribution in [2.75, 3.05) is 0 Å². The summed E-state index contributed by atoms with van der Waals surface area (Å²) in [5.74, 6) is -0.940. The Morgan fingerprint density at radius 3 is 2.28 bits per heavy atom. The zero-order valence-corrected chi connectivity index (χ0v) is 11.1. The molecule has 0 aliphatic carbocycles. The van der Waals surface area contributed by atoms with Crippen LogP contribution in [0.15, 0.2) is 30.3 Å². The van der Waals surface area contributed by atoms with E-state index in [0.717, 1.165) is 5.56 Å². The molecule has 18 heavy (non-hydrogen) atoms. The van der Waals surface area contributed by atoms with Crippen LogP contribution in [-0.4, -0.2) is 20.9 Å². The van der Waals surface area contributed by atoms with Gasteiger partial charge in [-0.15, -0.1) is 0 Å². The molecule has 2 aromatic rings. The normalized spacial score (nSPS) is 9.56. The second-order valence-corrected chi connectivity index (χ2v) is 3.60. The molecule has 0 saturated heterocycles. The summed E-state index contributed by atoms with van der Waals surface area (Å²) >= 11 is 0. The van der Waals surface area contributed by atoms with Gasteiger partial charge in [0.15, 0.2) is 0 Å². The summed E-state index contributed by atoms with van der Waals surface area (Å²) in [7, 11) is 1.75. The molecule has 0 spiro atoms. The molecule has 0 bridgehead atoms. The fraction of sp³-hybridized carbons (Fsp3) is 0.286. The van der Waals surface area contributed by atoms with E-state index < -0.39 is 5.97 Å². The Kier molecular flexibility index (Phi) is 4.66. The number of aryl methyl sites for hydroxylation is 2. The van der Waals surface area contributed by atoms with E-state index in [1.807, 2.05) is 44.2 Å². The fourth-order valence-corrected chi connectivity index (χ4v) is 1.84. The van der Waals surface area contributed by atoms with E-state index in [4.69, 9.17) is 5.11 Å². The number of aromatic carboxylic acids is 1. The van der Waals surface area contributed by atoms with Gasteiger partial charge in [-0.3, -0.25) is 4.68 Å². The Balaban J connectivity index is 0.000000771. The maximum absolute atomic E-state index is 11.2. The molecule has 1 aromatic carbocycles. The van der Waals surface area contributed by atoms with E-state index in [0.29, 0.717) is 11.4 Å². The monoisotopic (exact) mass is 246 g/mol. The quantitative estimate of drug-likeness (QED) is 0.885. The Morgan fingerprint density at radius 1 is 1.22 bits per heavy atom. The van der Waals surface area contributed by atoms with Gasteiger partial charge in [0, 0.05) is 12.6 Å². The number of rotatable bonds is 2. The number of benzene rings is 1. The van der Waals surface area contributed by atoms with Crippen LogP contribution in [0.25, 0.3) is 11.3 Å². The number of nitrogens with zero attached hydrogens (tertiary/aromatic N) is 2. The van der Waals surface area contributed by atoms with Crippen LogP contribution in [0.1, 0.15) is 29.9 Å². The predicted molar refractivity (Wildman–Crippen MR) is 71.7 cm³/mol. The van der Waals surface area contributed by atoms with Crippen molar-refractivity contribution in [1.29, 1.82) is 0 Å². The first-order valence-electron chi connectivity index (χ1n) is 5.93. The van der Waals surface area contributed by atoms with Crippen LogP contribution in [0, 0.1) is 6.92 Å². The molecule has 1 aromatic heterocycles. The fourth-order valence-electron chi connectivity index (χ4n) is 1.84. The molecule has 0 aliphatic rings. The summed E-state index contributed by atoms with van der Waals surface area (Å²) in [5, 5.41) is 13.3. The van der Waals surface area contributed by atoms with Gasteiger partial charge >= 0.3 is 5.97 Å². The smallest absolute Gasteiger partial charge is 0.339 e. The number of hydrogen-bond donors (Lipinski definition) is 1. The van der Waals surface area contributed by atoms with E-state index in [1.165, 1.54) is 0 Å². The van der Waals surface area contributed by atoms with Gasteiger partial charge in [-0.05, 0) is 6.92 Å². The van der Waals surface area contributed by atoms with E-state index in [9.17, 15) is 4.79 Å². The lowest BCUT2D eigenvalue weighted by Crippen LogP contribution is -2.01. The number of hydrogen-bond acceptors (Lipinski definition) is 2. The predicted octanol–water partition coefficient (Wildman–Crippen LogP) is 3.12. The van der Waals surface area contributed by atoms with Crippen molar-refractivity contribution in [2.24, 2.45) is 7.05 Å². The number of aromatic nitrogens is 2. The molecule has 4 nitrogen and oxygen atoms in total. The topological polar surface area (TPSA) is 55.1 Å². The van der Waals surface area contributed by atoms with Crippen LogP contribution < -0.4 is 0 Å². The highest BCUT2D eigenvalue weighted by Gasteiger charge is 2.20. The number of carboxylic acid groups (broad SMARTS) is 1. The lowest BCUT2D eigenvalue weighted by molar-refractivity contribution is 0.0697. The molecule has 0 fully saturated rings. The van der Waals surface area contributed by atoms with Gasteiger partial charge in [0.25, 0.3) is 0 Å². The molecule has 0 unspecified atom stereocenters. The van der Waals surface area contributed by atoms with Crippen molar-refractivity contribution < 1.29 is 9.90 Å². The Morgan fingerprint density at radius 2 is 1.78 bits per heavy atom. The second-order valence-electron chi connectivity index (χ2n) is 3.60. The van der Waals surface area contributed by atoms with Gasteiger partial charge in [-0.1, -0.05) is 44.2 Å². The third-order valence-corrected chi connectivity index (χ3v) is 2.48. The third kappa shape index (κ3) is 2.59. The minimum Gasteiger partial charge on any atom is -0.478 e. The van der Waals surface area contributed by atoms with E-state index >= 15 is 0 Å². The highest BCUT2D eigenvalue weighted by molar-refractivity contribution is 5.96. The highest BCUT2D eigenvalue weighted by Crippen LogP contribution is 2.25. The lowest BCUT2D eigenvalue weighted by Gasteiger charge is -2.03. The molecule has 4 heteroatoms. The van der Waals surface area contributed by atoms with Crippen LogP contribution >= 0.6 is 0 Å². The van der Waals surface area contributed by atoms with Gasteiger partial charge in [-0.25, -0.2) is 4.79 Å². The average Bonchev–Trinajstić information content (AvgIpc) is 2.68. The molecule has 1 N–H and O–H groups in total. The van der Waals surface area contributed by atoms with Crippen molar-refractivity contribution in [2.45, 2.75) is 20.8 Å². The summed E-state index contributed by atoms with van der Waals surface area (Å²) < 4.78 is 1.61. The summed E-state index contributed by atoms with van der Waals surface area (Å²) in [5.41, 5.74) is 2.32. The molecule has 0 amide bonds. The van der Waals surface area contributed by atoms with Gasteiger partial charge in [0.1, 0.15) is 5.56 Å². The molecule has 1 heterocycles. The molecule has 0 aliphatic heterocycles. The second kappa shape index (κ2) is 6.00. The van der Waals surface area contributed by atoms with Crippen LogP contribution in [0.4, 0.5) is 0 Å². The molecular formula is C14H18N2O2. The van der Waals surface area contributed by atoms with Crippen LogP contribution in [0.5, 0.6) is 0 Å². The minimum absolute atomic E-state index is 0.272. The Hall–Kier alpha value is -2.10. The van der Waals surface area contributed by atoms with Crippen molar-refractivity contribution in [3.8, 4) is 11.3 Å². The van der Waals surface area contributed by atoms with E-state index in [-0.39, 0.29) is 5.56 Å². The average molecular weight is 246 g/mol. The molecule has 0 saturated carbocycles. The zero-order valence-electron chi connectivity index (χ0n) is 11.1. The van der Waals surface area contributed by atoms with Crippen LogP contribution in [0.2, 0.25) is 0 Å². The summed E-state index contributed by atoms with van der Waals surface area (Å²) in [6.07, 6.45) is 0. The highest BCUT2D eigenvalue weighted by atomic mass is 16.4. The van der Waals surface area contributed by atoms with Gasteiger partial charge in [-0.2, -0.15) is 5.10 Å². The van der Waals surface area contributed by atoms with Gasteiger partial charge in [0.05, 0.1) is 11.4 Å². The van der Waals surface area contributed by atoms with Crippen molar-refractivity contribution >= 4 is 5.97 Å². The largest absolute Gasteiger partial charge is 0.478 e. The molecule has 0 atom stereocenters. The third-order valence-electron chi connectivity index (χ3n) is 2.48. The minimum atomic E-state index is -0.940. The van der Waals surface area contributed by atoms with Crippen molar-refractivity contribution in [3.05, 3.63) is 41.6 Å². The number of carboxylic acids is 1. The lowest BCUT2D eigenvalue weighted by atomic mass is 10.1. The van der Waals surface area contributed by atoms with Gasteiger partial charge in [0.2, 0.25) is 0 Å². The molecule has 96 valence electrons. The zero-order chi connectivity index (χ0) is 13.7. The summed E-state index contributed by atoms with van der Waals surface area (Å²) in [4.78, 5) is 11.2.